The van der Waals surface area contributed by atoms with Crippen molar-refractivity contribution in [2.45, 2.75) is 83.7 Å². The van der Waals surface area contributed by atoms with Gasteiger partial charge < -0.3 is 4.90 Å². The molecule has 3 heteroatoms. The fraction of sp³-hybridized carbons (Fsp3) is 0.941. The van der Waals surface area contributed by atoms with Gasteiger partial charge in [0.2, 0.25) is 0 Å². The molecule has 0 saturated carbocycles. The molecule has 1 rings (SSSR count). The maximum absolute atomic E-state index is 9.25. The summed E-state index contributed by atoms with van der Waals surface area (Å²) in [5.41, 5.74) is -0.334. The van der Waals surface area contributed by atoms with Crippen molar-refractivity contribution in [2.75, 3.05) is 19.6 Å². The first kappa shape index (κ1) is 17.5. The minimum absolute atomic E-state index is 0.334. The van der Waals surface area contributed by atoms with E-state index in [1.54, 1.807) is 0 Å². The first-order valence-corrected chi connectivity index (χ1v) is 8.55. The average Bonchev–Trinajstić information content (AvgIpc) is 2.46. The molecule has 1 heterocycles. The van der Waals surface area contributed by atoms with Crippen LogP contribution in [0.3, 0.4) is 0 Å². The Morgan fingerprint density at radius 1 is 1.30 bits per heavy atom. The molecule has 0 bridgehead atoms. The number of hydrogen-bond acceptors (Lipinski definition) is 3. The maximum atomic E-state index is 9.25. The van der Waals surface area contributed by atoms with E-state index < -0.39 is 0 Å². The zero-order valence-corrected chi connectivity index (χ0v) is 13.7. The number of nitriles is 1. The molecule has 1 aliphatic rings. The molecule has 0 aliphatic carbocycles. The minimum atomic E-state index is -0.334. The second kappa shape index (κ2) is 9.37. The number of piperidine rings is 1. The third-order valence-corrected chi connectivity index (χ3v) is 4.56. The molecule has 1 N–H and O–H groups in total. The van der Waals surface area contributed by atoms with Gasteiger partial charge in [-0.25, -0.2) is 0 Å². The summed E-state index contributed by atoms with van der Waals surface area (Å²) in [6.45, 7) is 9.76. The van der Waals surface area contributed by atoms with Crippen molar-refractivity contribution in [3.63, 3.8) is 0 Å². The lowest BCUT2D eigenvalue weighted by atomic mass is 9.95. The third-order valence-electron chi connectivity index (χ3n) is 4.56. The van der Waals surface area contributed by atoms with Crippen molar-refractivity contribution in [3.8, 4) is 6.07 Å². The number of nitrogens with one attached hydrogen (secondary N) is 1. The summed E-state index contributed by atoms with van der Waals surface area (Å²) in [4.78, 5) is 2.70. The Kier molecular flexibility index (Phi) is 8.18. The molecule has 2 atom stereocenters. The van der Waals surface area contributed by atoms with Crippen LogP contribution in [-0.2, 0) is 0 Å². The van der Waals surface area contributed by atoms with Gasteiger partial charge in [-0.15, -0.1) is 0 Å². The van der Waals surface area contributed by atoms with E-state index in [4.69, 9.17) is 0 Å². The molecule has 20 heavy (non-hydrogen) atoms. The van der Waals surface area contributed by atoms with Crippen molar-refractivity contribution in [1.29, 1.82) is 5.26 Å². The molecule has 1 saturated heterocycles. The zero-order valence-electron chi connectivity index (χ0n) is 13.7. The minimum Gasteiger partial charge on any atom is -0.300 e. The van der Waals surface area contributed by atoms with Gasteiger partial charge in [0, 0.05) is 6.04 Å². The smallest absolute Gasteiger partial charge is 0.103 e. The van der Waals surface area contributed by atoms with Gasteiger partial charge >= 0.3 is 0 Å². The Labute approximate surface area is 125 Å². The lowest BCUT2D eigenvalue weighted by molar-refractivity contribution is 0.136. The first-order valence-electron chi connectivity index (χ1n) is 8.55. The average molecular weight is 279 g/mol. The maximum Gasteiger partial charge on any atom is 0.103 e. The molecule has 1 aliphatic heterocycles. The predicted molar refractivity (Wildman–Crippen MR) is 85.7 cm³/mol. The van der Waals surface area contributed by atoms with Crippen LogP contribution in [0.4, 0.5) is 0 Å². The highest BCUT2D eigenvalue weighted by Gasteiger charge is 2.23. The highest BCUT2D eigenvalue weighted by atomic mass is 15.2. The number of likely N-dealkylation sites (tertiary alicyclic amines) is 1. The van der Waals surface area contributed by atoms with E-state index >= 15 is 0 Å². The molecule has 0 aromatic carbocycles. The van der Waals surface area contributed by atoms with Gasteiger partial charge in [0.15, 0.2) is 0 Å². The third kappa shape index (κ3) is 5.81. The summed E-state index contributed by atoms with van der Waals surface area (Å²) in [5.74, 6) is 0. The van der Waals surface area contributed by atoms with E-state index in [-0.39, 0.29) is 5.54 Å². The van der Waals surface area contributed by atoms with Crippen LogP contribution >= 0.6 is 0 Å². The number of unbranched alkanes of at least 4 members (excludes halogenated alkanes) is 1. The van der Waals surface area contributed by atoms with Crippen LogP contribution in [0.1, 0.15) is 72.1 Å². The van der Waals surface area contributed by atoms with Crippen LogP contribution in [0.25, 0.3) is 0 Å². The van der Waals surface area contributed by atoms with Crippen molar-refractivity contribution in [3.05, 3.63) is 0 Å². The second-order valence-corrected chi connectivity index (χ2v) is 6.41. The van der Waals surface area contributed by atoms with Gasteiger partial charge in [-0.1, -0.05) is 26.7 Å². The van der Waals surface area contributed by atoms with Crippen LogP contribution in [0.2, 0.25) is 0 Å². The Morgan fingerprint density at radius 2 is 2.10 bits per heavy atom. The topological polar surface area (TPSA) is 39.1 Å². The molecule has 0 aromatic rings. The van der Waals surface area contributed by atoms with E-state index in [9.17, 15) is 5.26 Å². The number of hydrogen-bond donors (Lipinski definition) is 1. The molecule has 0 aromatic heterocycles. The van der Waals surface area contributed by atoms with Gasteiger partial charge in [-0.05, 0) is 65.1 Å². The molecule has 2 unspecified atom stereocenters. The van der Waals surface area contributed by atoms with E-state index in [1.165, 1.54) is 51.6 Å². The van der Waals surface area contributed by atoms with Crippen molar-refractivity contribution < 1.29 is 0 Å². The largest absolute Gasteiger partial charge is 0.300 e. The molecular weight excluding hydrogens is 246 g/mol. The first-order chi connectivity index (χ1) is 9.65. The Morgan fingerprint density at radius 3 is 2.75 bits per heavy atom. The number of rotatable bonds is 9. The van der Waals surface area contributed by atoms with Crippen molar-refractivity contribution in [1.82, 2.24) is 10.2 Å². The van der Waals surface area contributed by atoms with Crippen LogP contribution in [0.15, 0.2) is 0 Å². The Bertz CT molecular complexity index is 295. The van der Waals surface area contributed by atoms with Gasteiger partial charge in [-0.2, -0.15) is 5.26 Å². The predicted octanol–water partition coefficient (Wildman–Crippen LogP) is 3.70. The van der Waals surface area contributed by atoms with Crippen LogP contribution < -0.4 is 5.32 Å². The monoisotopic (exact) mass is 279 g/mol. The van der Waals surface area contributed by atoms with Crippen molar-refractivity contribution >= 4 is 0 Å². The molecule has 0 spiro atoms. The van der Waals surface area contributed by atoms with E-state index in [0.717, 1.165) is 25.4 Å². The zero-order chi connectivity index (χ0) is 14.8. The molecule has 1 fully saturated rings. The van der Waals surface area contributed by atoms with Crippen LogP contribution in [-0.4, -0.2) is 36.1 Å². The SMILES string of the molecule is CCCC1CCCCN1CCCCC(C)(C#N)NCC. The summed E-state index contributed by atoms with van der Waals surface area (Å²) in [5, 5.41) is 12.6. The highest BCUT2D eigenvalue weighted by Crippen LogP contribution is 2.22. The normalized spacial score (nSPS) is 23.2. The fourth-order valence-corrected chi connectivity index (χ4v) is 3.38. The summed E-state index contributed by atoms with van der Waals surface area (Å²) >= 11 is 0. The summed E-state index contributed by atoms with van der Waals surface area (Å²) in [6.07, 6.45) is 10.2. The lowest BCUT2D eigenvalue weighted by Gasteiger charge is -2.36. The van der Waals surface area contributed by atoms with Gasteiger partial charge in [0.05, 0.1) is 6.07 Å². The quantitative estimate of drug-likeness (QED) is 0.654. The van der Waals surface area contributed by atoms with Crippen LogP contribution in [0, 0.1) is 11.3 Å². The summed E-state index contributed by atoms with van der Waals surface area (Å²) in [7, 11) is 0. The van der Waals surface area contributed by atoms with Gasteiger partial charge in [0.25, 0.3) is 0 Å². The van der Waals surface area contributed by atoms with E-state index in [0.29, 0.717) is 0 Å². The Balaban J connectivity index is 2.27. The summed E-state index contributed by atoms with van der Waals surface area (Å²) in [6, 6.07) is 3.25. The Hall–Kier alpha value is -0.590. The number of nitrogens with zero attached hydrogens (tertiary/aromatic N) is 2. The molecule has 116 valence electrons. The van der Waals surface area contributed by atoms with Crippen molar-refractivity contribution in [2.24, 2.45) is 0 Å². The summed E-state index contributed by atoms with van der Waals surface area (Å²) < 4.78 is 0. The standard InChI is InChI=1S/C17H33N3/c1-4-10-16-11-6-8-13-20(16)14-9-7-12-17(3,15-18)19-5-2/h16,19H,4-14H2,1-3H3. The van der Waals surface area contributed by atoms with E-state index in [1.807, 2.05) is 6.92 Å². The van der Waals surface area contributed by atoms with Gasteiger partial charge in [-0.3, -0.25) is 5.32 Å². The van der Waals surface area contributed by atoms with E-state index in [2.05, 4.69) is 30.1 Å². The van der Waals surface area contributed by atoms with Gasteiger partial charge in [0.1, 0.15) is 5.54 Å². The molecule has 0 radical (unpaired) electrons. The lowest BCUT2D eigenvalue weighted by Crippen LogP contribution is -2.41. The molecule has 3 nitrogen and oxygen atoms in total. The second-order valence-electron chi connectivity index (χ2n) is 6.41. The fourth-order valence-electron chi connectivity index (χ4n) is 3.38. The van der Waals surface area contributed by atoms with Crippen LogP contribution in [0.5, 0.6) is 0 Å². The molecular formula is C17H33N3. The highest BCUT2D eigenvalue weighted by molar-refractivity contribution is 5.03. The molecule has 0 amide bonds.